The zero-order chi connectivity index (χ0) is 13.0. The summed E-state index contributed by atoms with van der Waals surface area (Å²) in [5, 5.41) is 3.25. The quantitative estimate of drug-likeness (QED) is 0.899. The van der Waals surface area contributed by atoms with Gasteiger partial charge in [-0.05, 0) is 42.3 Å². The second-order valence-electron chi connectivity index (χ2n) is 4.05. The summed E-state index contributed by atoms with van der Waals surface area (Å²) in [5.41, 5.74) is 2.89. The Labute approximate surface area is 106 Å². The van der Waals surface area contributed by atoms with Crippen molar-refractivity contribution in [2.75, 3.05) is 12.4 Å². The Kier molecular flexibility index (Phi) is 3.77. The van der Waals surface area contributed by atoms with E-state index in [1.807, 2.05) is 25.1 Å². The van der Waals surface area contributed by atoms with E-state index in [9.17, 15) is 4.39 Å². The van der Waals surface area contributed by atoms with E-state index >= 15 is 0 Å². The van der Waals surface area contributed by atoms with E-state index in [1.165, 1.54) is 12.3 Å². The summed E-state index contributed by atoms with van der Waals surface area (Å²) in [5.74, 6) is 0.506. The number of anilines is 1. The van der Waals surface area contributed by atoms with Crippen LogP contribution in [0, 0.1) is 12.7 Å². The fraction of sp³-hybridized carbons (Fsp3) is 0.214. The topological polar surface area (TPSA) is 34.1 Å². The van der Waals surface area contributed by atoms with E-state index in [-0.39, 0.29) is 5.82 Å². The van der Waals surface area contributed by atoms with Gasteiger partial charge in [0.05, 0.1) is 13.3 Å². The molecule has 0 radical (unpaired) electrons. The van der Waals surface area contributed by atoms with E-state index < -0.39 is 0 Å². The van der Waals surface area contributed by atoms with Gasteiger partial charge < -0.3 is 10.1 Å². The zero-order valence-electron chi connectivity index (χ0n) is 10.4. The number of aromatic nitrogens is 1. The molecule has 3 nitrogen and oxygen atoms in total. The van der Waals surface area contributed by atoms with Crippen molar-refractivity contribution < 1.29 is 9.13 Å². The molecule has 0 aliphatic rings. The predicted octanol–water partition coefficient (Wildman–Crippen LogP) is 3.15. The fourth-order valence-electron chi connectivity index (χ4n) is 1.71. The predicted molar refractivity (Wildman–Crippen MR) is 69.3 cm³/mol. The highest BCUT2D eigenvalue weighted by Crippen LogP contribution is 2.21. The molecule has 18 heavy (non-hydrogen) atoms. The number of pyridine rings is 1. The van der Waals surface area contributed by atoms with E-state index in [0.717, 1.165) is 22.6 Å². The molecular formula is C14H15FN2O. The molecule has 0 unspecified atom stereocenters. The third-order valence-corrected chi connectivity index (χ3v) is 2.68. The maximum absolute atomic E-state index is 13.0. The highest BCUT2D eigenvalue weighted by Gasteiger charge is 2.01. The number of ether oxygens (including phenoxy) is 1. The van der Waals surface area contributed by atoms with E-state index in [2.05, 4.69) is 10.3 Å². The number of aryl methyl sites for hydroxylation is 1. The second-order valence-corrected chi connectivity index (χ2v) is 4.05. The van der Waals surface area contributed by atoms with Gasteiger partial charge in [-0.3, -0.25) is 4.98 Å². The summed E-state index contributed by atoms with van der Waals surface area (Å²) >= 11 is 0. The van der Waals surface area contributed by atoms with Crippen LogP contribution in [0.2, 0.25) is 0 Å². The molecule has 1 heterocycles. The van der Waals surface area contributed by atoms with Gasteiger partial charge in [-0.15, -0.1) is 0 Å². The Bertz CT molecular complexity index is 543. The van der Waals surface area contributed by atoms with Gasteiger partial charge in [-0.1, -0.05) is 0 Å². The van der Waals surface area contributed by atoms with E-state index in [0.29, 0.717) is 6.54 Å². The molecule has 2 rings (SSSR count). The van der Waals surface area contributed by atoms with Crippen molar-refractivity contribution >= 4 is 5.69 Å². The summed E-state index contributed by atoms with van der Waals surface area (Å²) < 4.78 is 18.1. The van der Waals surface area contributed by atoms with Gasteiger partial charge in [-0.25, -0.2) is 4.39 Å². The minimum Gasteiger partial charge on any atom is -0.497 e. The molecule has 0 saturated heterocycles. The first-order valence-corrected chi connectivity index (χ1v) is 5.67. The van der Waals surface area contributed by atoms with Gasteiger partial charge in [0.25, 0.3) is 0 Å². The number of rotatable bonds is 4. The van der Waals surface area contributed by atoms with E-state index in [1.54, 1.807) is 13.3 Å². The number of hydrogen-bond donors (Lipinski definition) is 1. The molecule has 0 spiro atoms. The van der Waals surface area contributed by atoms with Crippen LogP contribution >= 0.6 is 0 Å². The molecular weight excluding hydrogens is 231 g/mol. The van der Waals surface area contributed by atoms with Crippen LogP contribution in [0.1, 0.15) is 11.1 Å². The number of methoxy groups -OCH3 is 1. The lowest BCUT2D eigenvalue weighted by molar-refractivity contribution is 0.414. The van der Waals surface area contributed by atoms with Crippen LogP contribution < -0.4 is 10.1 Å². The van der Waals surface area contributed by atoms with Crippen molar-refractivity contribution in [3.8, 4) is 5.75 Å². The highest BCUT2D eigenvalue weighted by molar-refractivity contribution is 5.53. The largest absolute Gasteiger partial charge is 0.497 e. The van der Waals surface area contributed by atoms with Gasteiger partial charge >= 0.3 is 0 Å². The maximum Gasteiger partial charge on any atom is 0.141 e. The van der Waals surface area contributed by atoms with Crippen LogP contribution in [0.25, 0.3) is 0 Å². The van der Waals surface area contributed by atoms with Gasteiger partial charge in [0, 0.05) is 18.4 Å². The van der Waals surface area contributed by atoms with Crippen molar-refractivity contribution in [1.82, 2.24) is 4.98 Å². The van der Waals surface area contributed by atoms with Crippen LogP contribution in [0.4, 0.5) is 10.1 Å². The third kappa shape index (κ3) is 2.97. The van der Waals surface area contributed by atoms with Gasteiger partial charge in [-0.2, -0.15) is 0 Å². The van der Waals surface area contributed by atoms with E-state index in [4.69, 9.17) is 4.74 Å². The molecule has 0 fully saturated rings. The molecule has 1 aromatic heterocycles. The molecule has 4 heteroatoms. The molecule has 1 aromatic carbocycles. The zero-order valence-corrected chi connectivity index (χ0v) is 10.4. The Morgan fingerprint density at radius 3 is 2.78 bits per heavy atom. The molecule has 94 valence electrons. The number of hydrogen-bond acceptors (Lipinski definition) is 3. The average molecular weight is 246 g/mol. The molecule has 1 N–H and O–H groups in total. The summed E-state index contributed by atoms with van der Waals surface area (Å²) in [6, 6.07) is 7.26. The number of benzene rings is 1. The summed E-state index contributed by atoms with van der Waals surface area (Å²) in [6.45, 7) is 2.53. The van der Waals surface area contributed by atoms with Crippen LogP contribution in [0.3, 0.4) is 0 Å². The lowest BCUT2D eigenvalue weighted by atomic mass is 10.2. The molecule has 0 aliphatic carbocycles. The summed E-state index contributed by atoms with van der Waals surface area (Å²) in [7, 11) is 1.64. The first kappa shape index (κ1) is 12.4. The highest BCUT2D eigenvalue weighted by atomic mass is 19.1. The van der Waals surface area contributed by atoms with Gasteiger partial charge in [0.2, 0.25) is 0 Å². The third-order valence-electron chi connectivity index (χ3n) is 2.68. The first-order chi connectivity index (χ1) is 8.69. The summed E-state index contributed by atoms with van der Waals surface area (Å²) in [4.78, 5) is 3.81. The lowest BCUT2D eigenvalue weighted by Crippen LogP contribution is -2.02. The molecule has 0 bridgehead atoms. The minimum absolute atomic E-state index is 0.319. The van der Waals surface area contributed by atoms with Crippen molar-refractivity contribution in [3.63, 3.8) is 0 Å². The monoisotopic (exact) mass is 246 g/mol. The molecule has 0 saturated carbocycles. The normalized spacial score (nSPS) is 10.2. The Morgan fingerprint density at radius 2 is 2.11 bits per heavy atom. The lowest BCUT2D eigenvalue weighted by Gasteiger charge is -2.10. The molecule has 0 atom stereocenters. The van der Waals surface area contributed by atoms with Crippen LogP contribution in [0.15, 0.2) is 36.7 Å². The summed E-state index contributed by atoms with van der Waals surface area (Å²) in [6.07, 6.45) is 2.84. The van der Waals surface area contributed by atoms with Crippen LogP contribution in [-0.2, 0) is 6.54 Å². The van der Waals surface area contributed by atoms with Crippen molar-refractivity contribution in [1.29, 1.82) is 0 Å². The van der Waals surface area contributed by atoms with Crippen molar-refractivity contribution in [2.24, 2.45) is 0 Å². The molecule has 0 amide bonds. The number of nitrogens with one attached hydrogen (secondary N) is 1. The Hall–Kier alpha value is -2.10. The first-order valence-electron chi connectivity index (χ1n) is 5.67. The second kappa shape index (κ2) is 5.49. The van der Waals surface area contributed by atoms with Crippen molar-refractivity contribution in [2.45, 2.75) is 13.5 Å². The maximum atomic E-state index is 13.0. The smallest absolute Gasteiger partial charge is 0.141 e. The number of nitrogens with zero attached hydrogens (tertiary/aromatic N) is 1. The number of halogens is 1. The van der Waals surface area contributed by atoms with Crippen molar-refractivity contribution in [3.05, 3.63) is 53.6 Å². The van der Waals surface area contributed by atoms with Crippen LogP contribution in [0.5, 0.6) is 5.75 Å². The Morgan fingerprint density at radius 1 is 1.28 bits per heavy atom. The Balaban J connectivity index is 2.06. The average Bonchev–Trinajstić information content (AvgIpc) is 2.37. The molecule has 2 aromatic rings. The van der Waals surface area contributed by atoms with Crippen LogP contribution in [-0.4, -0.2) is 12.1 Å². The standard InChI is InChI=1S/C14H15FN2O/c1-10-5-13(18-2)3-4-14(10)17-8-11-6-12(15)9-16-7-11/h3-7,9,17H,8H2,1-2H3. The fourth-order valence-corrected chi connectivity index (χ4v) is 1.71. The molecule has 0 aliphatic heterocycles. The minimum atomic E-state index is -0.319. The van der Waals surface area contributed by atoms with Gasteiger partial charge in [0.15, 0.2) is 0 Å². The van der Waals surface area contributed by atoms with Gasteiger partial charge in [0.1, 0.15) is 11.6 Å². The SMILES string of the molecule is COc1ccc(NCc2cncc(F)c2)c(C)c1.